The monoisotopic (exact) mass is 242 g/mol. The first-order valence-corrected chi connectivity index (χ1v) is 6.10. The second-order valence-corrected chi connectivity index (χ2v) is 4.46. The number of rotatable bonds is 4. The average molecular weight is 242 g/mol. The Kier molecular flexibility index (Phi) is 4.00. The van der Waals surface area contributed by atoms with Gasteiger partial charge in [0, 0.05) is 0 Å². The van der Waals surface area contributed by atoms with Gasteiger partial charge in [-0.1, -0.05) is 48.5 Å². The van der Waals surface area contributed by atoms with E-state index in [-0.39, 0.29) is 6.61 Å². The van der Waals surface area contributed by atoms with Crippen LogP contribution in [0.5, 0.6) is 5.75 Å². The molecule has 18 heavy (non-hydrogen) atoms. The highest BCUT2D eigenvalue weighted by Crippen LogP contribution is 2.24. The van der Waals surface area contributed by atoms with Crippen LogP contribution in [0, 0.1) is 13.8 Å². The van der Waals surface area contributed by atoms with Crippen LogP contribution in [-0.2, 0) is 0 Å². The molecule has 1 N–H and O–H groups in total. The molecule has 0 spiro atoms. The molecule has 94 valence electrons. The summed E-state index contributed by atoms with van der Waals surface area (Å²) in [6, 6.07) is 15.6. The molecule has 0 fully saturated rings. The maximum absolute atomic E-state index is 10.0. The van der Waals surface area contributed by atoms with Crippen LogP contribution in [-0.4, -0.2) is 11.7 Å². The topological polar surface area (TPSA) is 29.5 Å². The summed E-state index contributed by atoms with van der Waals surface area (Å²) in [7, 11) is 0. The Labute approximate surface area is 108 Å². The number of aliphatic hydroxyl groups is 1. The van der Waals surface area contributed by atoms with Crippen molar-refractivity contribution in [3.05, 3.63) is 65.2 Å². The zero-order valence-corrected chi connectivity index (χ0v) is 10.8. The van der Waals surface area contributed by atoms with E-state index in [2.05, 4.69) is 0 Å². The first kappa shape index (κ1) is 12.7. The fourth-order valence-corrected chi connectivity index (χ4v) is 1.96. The summed E-state index contributed by atoms with van der Waals surface area (Å²) < 4.78 is 5.73. The molecular weight excluding hydrogens is 224 g/mol. The Hall–Kier alpha value is -1.80. The predicted octanol–water partition coefficient (Wildman–Crippen LogP) is 3.42. The van der Waals surface area contributed by atoms with Crippen LogP contribution < -0.4 is 4.74 Å². The normalized spacial score (nSPS) is 12.2. The second kappa shape index (κ2) is 5.69. The van der Waals surface area contributed by atoms with Gasteiger partial charge in [-0.3, -0.25) is 0 Å². The maximum atomic E-state index is 10.0. The van der Waals surface area contributed by atoms with Crippen molar-refractivity contribution in [1.29, 1.82) is 0 Å². The van der Waals surface area contributed by atoms with Crippen molar-refractivity contribution >= 4 is 0 Å². The summed E-state index contributed by atoms with van der Waals surface area (Å²) in [5.41, 5.74) is 3.06. The third-order valence-electron chi connectivity index (χ3n) is 2.98. The molecule has 0 aliphatic carbocycles. The molecule has 0 bridgehead atoms. The second-order valence-electron chi connectivity index (χ2n) is 4.46. The Morgan fingerprint density at radius 1 is 0.944 bits per heavy atom. The Balaban J connectivity index is 2.04. The average Bonchev–Trinajstić information content (AvgIpc) is 2.39. The van der Waals surface area contributed by atoms with Gasteiger partial charge < -0.3 is 9.84 Å². The van der Waals surface area contributed by atoms with Gasteiger partial charge in [-0.2, -0.15) is 0 Å². The van der Waals surface area contributed by atoms with Gasteiger partial charge in [-0.25, -0.2) is 0 Å². The smallest absolute Gasteiger partial charge is 0.125 e. The summed E-state index contributed by atoms with van der Waals surface area (Å²) >= 11 is 0. The third-order valence-corrected chi connectivity index (χ3v) is 2.98. The van der Waals surface area contributed by atoms with E-state index < -0.39 is 6.10 Å². The number of ether oxygens (including phenoxy) is 1. The molecule has 0 amide bonds. The van der Waals surface area contributed by atoms with E-state index in [1.54, 1.807) is 0 Å². The van der Waals surface area contributed by atoms with Gasteiger partial charge in [0.25, 0.3) is 0 Å². The minimum absolute atomic E-state index is 0.274. The summed E-state index contributed by atoms with van der Waals surface area (Å²) in [6.07, 6.45) is -0.592. The van der Waals surface area contributed by atoms with Gasteiger partial charge >= 0.3 is 0 Å². The molecule has 0 saturated carbocycles. The Bertz CT molecular complexity index is 486. The lowest BCUT2D eigenvalue weighted by Crippen LogP contribution is -2.10. The van der Waals surface area contributed by atoms with Crippen molar-refractivity contribution in [2.75, 3.05) is 6.61 Å². The fraction of sp³-hybridized carbons (Fsp3) is 0.250. The molecule has 0 aliphatic rings. The first-order chi connectivity index (χ1) is 8.68. The lowest BCUT2D eigenvalue weighted by Gasteiger charge is -2.15. The molecule has 1 unspecified atom stereocenters. The quantitative estimate of drug-likeness (QED) is 0.890. The Morgan fingerprint density at radius 3 is 2.17 bits per heavy atom. The molecule has 2 rings (SSSR count). The van der Waals surface area contributed by atoms with Crippen LogP contribution in [0.25, 0.3) is 0 Å². The molecule has 0 radical (unpaired) electrons. The Morgan fingerprint density at radius 2 is 1.56 bits per heavy atom. The number of para-hydroxylation sites is 1. The lowest BCUT2D eigenvalue weighted by molar-refractivity contribution is 0.107. The van der Waals surface area contributed by atoms with E-state index in [0.29, 0.717) is 0 Å². The van der Waals surface area contributed by atoms with Crippen molar-refractivity contribution in [2.45, 2.75) is 20.0 Å². The van der Waals surface area contributed by atoms with E-state index in [1.165, 1.54) is 0 Å². The molecule has 0 saturated heterocycles. The standard InChI is InChI=1S/C16H18O2/c1-12-7-6-8-13(2)16(12)18-11-15(17)14-9-4-3-5-10-14/h3-10,15,17H,11H2,1-2H3. The summed E-state index contributed by atoms with van der Waals surface area (Å²) in [5, 5.41) is 10.0. The minimum Gasteiger partial charge on any atom is -0.490 e. The number of aliphatic hydroxyl groups excluding tert-OH is 1. The van der Waals surface area contributed by atoms with Gasteiger partial charge in [0.05, 0.1) is 0 Å². The van der Waals surface area contributed by atoms with Gasteiger partial charge in [0.15, 0.2) is 0 Å². The lowest BCUT2D eigenvalue weighted by atomic mass is 10.1. The van der Waals surface area contributed by atoms with Crippen LogP contribution >= 0.6 is 0 Å². The summed E-state index contributed by atoms with van der Waals surface area (Å²) in [5.74, 6) is 0.868. The van der Waals surface area contributed by atoms with Crippen molar-refractivity contribution < 1.29 is 9.84 Å². The van der Waals surface area contributed by atoms with Crippen LogP contribution in [0.4, 0.5) is 0 Å². The molecule has 0 heterocycles. The van der Waals surface area contributed by atoms with Crippen LogP contribution in [0.3, 0.4) is 0 Å². The fourth-order valence-electron chi connectivity index (χ4n) is 1.96. The predicted molar refractivity (Wildman–Crippen MR) is 72.8 cm³/mol. The van der Waals surface area contributed by atoms with Crippen molar-refractivity contribution in [2.24, 2.45) is 0 Å². The molecular formula is C16H18O2. The SMILES string of the molecule is Cc1cccc(C)c1OCC(O)c1ccccc1. The molecule has 2 aromatic rings. The van der Waals surface area contributed by atoms with Crippen molar-refractivity contribution in [3.63, 3.8) is 0 Å². The highest BCUT2D eigenvalue weighted by atomic mass is 16.5. The van der Waals surface area contributed by atoms with Crippen LogP contribution in [0.1, 0.15) is 22.8 Å². The van der Waals surface area contributed by atoms with Crippen LogP contribution in [0.2, 0.25) is 0 Å². The molecule has 2 heteroatoms. The number of aryl methyl sites for hydroxylation is 2. The van der Waals surface area contributed by atoms with Gasteiger partial charge in [-0.15, -0.1) is 0 Å². The summed E-state index contributed by atoms with van der Waals surface area (Å²) in [6.45, 7) is 4.30. The highest BCUT2D eigenvalue weighted by Gasteiger charge is 2.09. The summed E-state index contributed by atoms with van der Waals surface area (Å²) in [4.78, 5) is 0. The molecule has 1 atom stereocenters. The van der Waals surface area contributed by atoms with E-state index in [0.717, 1.165) is 22.4 Å². The minimum atomic E-state index is -0.592. The zero-order valence-electron chi connectivity index (χ0n) is 10.8. The van der Waals surface area contributed by atoms with E-state index in [1.807, 2.05) is 62.4 Å². The van der Waals surface area contributed by atoms with E-state index in [4.69, 9.17) is 4.74 Å². The molecule has 0 aliphatic heterocycles. The first-order valence-electron chi connectivity index (χ1n) is 6.10. The number of hydrogen-bond acceptors (Lipinski definition) is 2. The van der Waals surface area contributed by atoms with Gasteiger partial charge in [0.1, 0.15) is 18.5 Å². The van der Waals surface area contributed by atoms with Gasteiger partial charge in [-0.05, 0) is 30.5 Å². The van der Waals surface area contributed by atoms with E-state index in [9.17, 15) is 5.11 Å². The molecule has 2 nitrogen and oxygen atoms in total. The third kappa shape index (κ3) is 2.90. The largest absolute Gasteiger partial charge is 0.490 e. The van der Waals surface area contributed by atoms with Gasteiger partial charge in [0.2, 0.25) is 0 Å². The molecule has 2 aromatic carbocycles. The zero-order chi connectivity index (χ0) is 13.0. The van der Waals surface area contributed by atoms with Crippen molar-refractivity contribution in [3.8, 4) is 5.75 Å². The number of hydrogen-bond donors (Lipinski definition) is 1. The van der Waals surface area contributed by atoms with Crippen LogP contribution in [0.15, 0.2) is 48.5 Å². The number of benzene rings is 2. The maximum Gasteiger partial charge on any atom is 0.125 e. The van der Waals surface area contributed by atoms with Crippen molar-refractivity contribution in [1.82, 2.24) is 0 Å². The van der Waals surface area contributed by atoms with E-state index >= 15 is 0 Å². The highest BCUT2D eigenvalue weighted by molar-refractivity contribution is 5.39. The molecule has 0 aromatic heterocycles.